The van der Waals surface area contributed by atoms with Gasteiger partial charge in [0.25, 0.3) is 0 Å². The van der Waals surface area contributed by atoms with E-state index < -0.39 is 0 Å². The molecule has 1 fully saturated rings. The topological polar surface area (TPSA) is 70.4 Å². The normalized spacial score (nSPS) is 19.8. The minimum atomic E-state index is 0. The molecule has 2 aliphatic heterocycles. The fourth-order valence-corrected chi connectivity index (χ4v) is 4.77. The maximum absolute atomic E-state index is 4.39. The number of aromatic nitrogens is 3. The van der Waals surface area contributed by atoms with E-state index in [0.717, 1.165) is 43.6 Å². The molecule has 1 saturated heterocycles. The quantitative estimate of drug-likeness (QED) is 0.229. The summed E-state index contributed by atoms with van der Waals surface area (Å²) >= 11 is 0. The minimum Gasteiger partial charge on any atom is -0.356 e. The molecule has 3 heterocycles. The number of guanidine groups is 1. The van der Waals surface area contributed by atoms with Crippen molar-refractivity contribution < 1.29 is 0 Å². The van der Waals surface area contributed by atoms with Crippen LogP contribution in [0, 0.1) is 5.92 Å². The van der Waals surface area contributed by atoms with Crippen molar-refractivity contribution in [2.45, 2.75) is 57.5 Å². The van der Waals surface area contributed by atoms with Crippen molar-refractivity contribution in [3.05, 3.63) is 48.0 Å². The highest BCUT2D eigenvalue weighted by Crippen LogP contribution is 2.21. The van der Waals surface area contributed by atoms with E-state index in [1.165, 1.54) is 57.3 Å². The molecule has 1 atom stereocenters. The molecule has 2 N–H and O–H groups in total. The van der Waals surface area contributed by atoms with Crippen molar-refractivity contribution in [1.29, 1.82) is 0 Å². The number of hydrogen-bond acceptors (Lipinski definition) is 4. The predicted molar refractivity (Wildman–Crippen MR) is 141 cm³/mol. The summed E-state index contributed by atoms with van der Waals surface area (Å²) in [4.78, 5) is 11.3. The van der Waals surface area contributed by atoms with E-state index in [1.807, 2.05) is 11.7 Å². The van der Waals surface area contributed by atoms with E-state index in [0.29, 0.717) is 6.04 Å². The molecule has 8 heteroatoms. The molecule has 0 saturated carbocycles. The van der Waals surface area contributed by atoms with E-state index in [4.69, 9.17) is 0 Å². The van der Waals surface area contributed by atoms with Gasteiger partial charge >= 0.3 is 0 Å². The third-order valence-electron chi connectivity index (χ3n) is 6.64. The molecule has 7 nitrogen and oxygen atoms in total. The molecule has 1 aromatic carbocycles. The summed E-state index contributed by atoms with van der Waals surface area (Å²) < 4.78 is 2.00. The molecule has 32 heavy (non-hydrogen) atoms. The Balaban J connectivity index is 0.00000289. The van der Waals surface area contributed by atoms with Gasteiger partial charge in [-0.25, -0.2) is 9.67 Å². The van der Waals surface area contributed by atoms with Gasteiger partial charge in [0.1, 0.15) is 12.2 Å². The van der Waals surface area contributed by atoms with Crippen molar-refractivity contribution in [1.82, 2.24) is 30.3 Å². The zero-order valence-electron chi connectivity index (χ0n) is 19.2. The van der Waals surface area contributed by atoms with Crippen LogP contribution in [-0.4, -0.2) is 64.9 Å². The first-order chi connectivity index (χ1) is 15.3. The lowest BCUT2D eigenvalue weighted by Crippen LogP contribution is -2.47. The molecule has 0 bridgehead atoms. The van der Waals surface area contributed by atoms with Crippen LogP contribution in [0.2, 0.25) is 0 Å². The molecule has 4 rings (SSSR count). The molecular weight excluding hydrogens is 513 g/mol. The van der Waals surface area contributed by atoms with Gasteiger partial charge in [-0.3, -0.25) is 4.99 Å². The molecule has 0 spiro atoms. The third kappa shape index (κ3) is 7.43. The number of benzene rings is 1. The van der Waals surface area contributed by atoms with Crippen LogP contribution < -0.4 is 10.6 Å². The number of halogens is 1. The van der Waals surface area contributed by atoms with Gasteiger partial charge in [0.05, 0.1) is 6.54 Å². The lowest BCUT2D eigenvalue weighted by Gasteiger charge is -2.32. The van der Waals surface area contributed by atoms with Crippen LogP contribution in [0.1, 0.15) is 43.5 Å². The molecule has 0 aliphatic carbocycles. The van der Waals surface area contributed by atoms with Gasteiger partial charge in [0.15, 0.2) is 5.96 Å². The Bertz CT molecular complexity index is 815. The molecule has 0 radical (unpaired) electrons. The van der Waals surface area contributed by atoms with Crippen LogP contribution in [0.5, 0.6) is 0 Å². The zero-order chi connectivity index (χ0) is 21.3. The Hall–Kier alpha value is -1.68. The van der Waals surface area contributed by atoms with Crippen molar-refractivity contribution >= 4 is 29.9 Å². The Kier molecular flexibility index (Phi) is 10.2. The van der Waals surface area contributed by atoms with Crippen molar-refractivity contribution in [3.8, 4) is 0 Å². The van der Waals surface area contributed by atoms with Crippen LogP contribution in [0.4, 0.5) is 0 Å². The highest BCUT2D eigenvalue weighted by molar-refractivity contribution is 14.0. The van der Waals surface area contributed by atoms with Crippen LogP contribution in [0.15, 0.2) is 41.7 Å². The smallest absolute Gasteiger partial charge is 0.191 e. The SMILES string of the molecule is CN=C(NCCCCN1CCC(Cc2ccccc2)CC1)NC1CCc2ncnn2C1.I. The maximum atomic E-state index is 4.39. The van der Waals surface area contributed by atoms with Gasteiger partial charge in [-0.05, 0) is 69.6 Å². The van der Waals surface area contributed by atoms with Gasteiger partial charge in [-0.1, -0.05) is 30.3 Å². The van der Waals surface area contributed by atoms with E-state index in [1.54, 1.807) is 6.33 Å². The van der Waals surface area contributed by atoms with Gasteiger partial charge in [0, 0.05) is 26.1 Å². The number of unbranched alkanes of at least 4 members (excludes halogenated alkanes) is 1. The predicted octanol–water partition coefficient (Wildman–Crippen LogP) is 3.11. The lowest BCUT2D eigenvalue weighted by molar-refractivity contribution is 0.181. The van der Waals surface area contributed by atoms with Gasteiger partial charge in [-0.2, -0.15) is 5.10 Å². The molecule has 2 aliphatic rings. The summed E-state index contributed by atoms with van der Waals surface area (Å²) in [7, 11) is 1.85. The largest absolute Gasteiger partial charge is 0.356 e. The standard InChI is InChI=1S/C24H37N7.HI/c1-25-24(29-22-9-10-23-27-19-28-31(23)18-22)26-13-5-6-14-30-15-11-21(12-16-30)17-20-7-3-2-4-8-20;/h2-4,7-8,19,21-22H,5-6,9-18H2,1H3,(H2,25,26,29);1H. The molecule has 1 aromatic heterocycles. The number of likely N-dealkylation sites (tertiary alicyclic amines) is 1. The fourth-order valence-electron chi connectivity index (χ4n) is 4.77. The number of hydrogen-bond donors (Lipinski definition) is 2. The second-order valence-corrected chi connectivity index (χ2v) is 8.92. The molecular formula is C24H38IN7. The summed E-state index contributed by atoms with van der Waals surface area (Å²) in [5.74, 6) is 2.84. The Morgan fingerprint density at radius 3 is 2.72 bits per heavy atom. The second kappa shape index (κ2) is 13.1. The highest BCUT2D eigenvalue weighted by atomic mass is 127. The van der Waals surface area contributed by atoms with Crippen LogP contribution in [0.25, 0.3) is 0 Å². The van der Waals surface area contributed by atoms with Crippen LogP contribution >= 0.6 is 24.0 Å². The first kappa shape index (κ1) is 25.0. The van der Waals surface area contributed by atoms with Gasteiger partial charge in [0.2, 0.25) is 0 Å². The molecule has 2 aromatic rings. The number of fused-ring (bicyclic) bond motifs is 1. The fraction of sp³-hybridized carbons (Fsp3) is 0.625. The number of piperidine rings is 1. The monoisotopic (exact) mass is 551 g/mol. The third-order valence-corrected chi connectivity index (χ3v) is 6.64. The zero-order valence-corrected chi connectivity index (χ0v) is 21.6. The average Bonchev–Trinajstić information content (AvgIpc) is 3.28. The summed E-state index contributed by atoms with van der Waals surface area (Å²) in [5, 5.41) is 11.3. The number of aliphatic imine (C=N–C) groups is 1. The van der Waals surface area contributed by atoms with Crippen molar-refractivity contribution in [3.63, 3.8) is 0 Å². The lowest BCUT2D eigenvalue weighted by atomic mass is 9.90. The maximum Gasteiger partial charge on any atom is 0.191 e. The Morgan fingerprint density at radius 2 is 1.94 bits per heavy atom. The Labute approximate surface area is 209 Å². The molecule has 1 unspecified atom stereocenters. The first-order valence-electron chi connectivity index (χ1n) is 11.9. The number of nitrogens with one attached hydrogen (secondary N) is 2. The Morgan fingerprint density at radius 1 is 1.12 bits per heavy atom. The molecule has 176 valence electrons. The van der Waals surface area contributed by atoms with Crippen LogP contribution in [0.3, 0.4) is 0 Å². The molecule has 0 amide bonds. The highest BCUT2D eigenvalue weighted by Gasteiger charge is 2.21. The van der Waals surface area contributed by atoms with Crippen LogP contribution in [-0.2, 0) is 19.4 Å². The second-order valence-electron chi connectivity index (χ2n) is 8.92. The average molecular weight is 552 g/mol. The summed E-state index contributed by atoms with van der Waals surface area (Å²) in [5.41, 5.74) is 1.49. The van der Waals surface area contributed by atoms with E-state index in [2.05, 4.69) is 60.9 Å². The van der Waals surface area contributed by atoms with Crippen molar-refractivity contribution in [2.24, 2.45) is 10.9 Å². The number of nitrogens with zero attached hydrogens (tertiary/aromatic N) is 5. The van der Waals surface area contributed by atoms with Gasteiger partial charge in [-0.15, -0.1) is 24.0 Å². The first-order valence-corrected chi connectivity index (χ1v) is 11.9. The summed E-state index contributed by atoms with van der Waals surface area (Å²) in [6, 6.07) is 11.3. The van der Waals surface area contributed by atoms with E-state index >= 15 is 0 Å². The minimum absolute atomic E-state index is 0. The van der Waals surface area contributed by atoms with E-state index in [9.17, 15) is 0 Å². The summed E-state index contributed by atoms with van der Waals surface area (Å²) in [6.07, 6.45) is 10.00. The van der Waals surface area contributed by atoms with Gasteiger partial charge < -0.3 is 15.5 Å². The number of rotatable bonds is 8. The summed E-state index contributed by atoms with van der Waals surface area (Å²) in [6.45, 7) is 5.53. The van der Waals surface area contributed by atoms with Crippen molar-refractivity contribution in [2.75, 3.05) is 33.2 Å². The van der Waals surface area contributed by atoms with E-state index in [-0.39, 0.29) is 24.0 Å². The number of aryl methyl sites for hydroxylation is 1.